The lowest BCUT2D eigenvalue weighted by Gasteiger charge is -2.09. The highest BCUT2D eigenvalue weighted by atomic mass is 79.9. The number of hydrogen-bond acceptors (Lipinski definition) is 3. The van der Waals surface area contributed by atoms with Crippen molar-refractivity contribution in [3.8, 4) is 11.8 Å². The molecule has 0 fully saturated rings. The van der Waals surface area contributed by atoms with E-state index < -0.39 is 0 Å². The summed E-state index contributed by atoms with van der Waals surface area (Å²) in [5, 5.41) is 13.8. The fraction of sp³-hybridized carbons (Fsp3) is 0.231. The van der Waals surface area contributed by atoms with Crippen molar-refractivity contribution in [1.82, 2.24) is 9.78 Å². The Balaban J connectivity index is 2.72. The number of hydrogen-bond donors (Lipinski definition) is 0. The summed E-state index contributed by atoms with van der Waals surface area (Å²) in [5.41, 5.74) is 3.42. The van der Waals surface area contributed by atoms with Crippen LogP contribution >= 0.6 is 27.7 Å². The average Bonchev–Trinajstić information content (AvgIpc) is 2.65. The molecule has 1 heterocycles. The third kappa shape index (κ3) is 2.06. The average molecular weight is 322 g/mol. The Morgan fingerprint density at radius 2 is 2.11 bits per heavy atom. The molecule has 0 aliphatic carbocycles. The molecule has 0 bridgehead atoms. The molecule has 3 nitrogen and oxygen atoms in total. The van der Waals surface area contributed by atoms with Crippen molar-refractivity contribution in [2.75, 3.05) is 6.26 Å². The van der Waals surface area contributed by atoms with Crippen LogP contribution in [0.4, 0.5) is 0 Å². The molecule has 0 saturated heterocycles. The van der Waals surface area contributed by atoms with Gasteiger partial charge in [0.2, 0.25) is 0 Å². The van der Waals surface area contributed by atoms with Crippen LogP contribution < -0.4 is 0 Å². The first kappa shape index (κ1) is 13.2. The minimum atomic E-state index is 0.670. The molecule has 1 aromatic heterocycles. The summed E-state index contributed by atoms with van der Waals surface area (Å²) >= 11 is 5.08. The Hall–Kier alpha value is -1.25. The van der Waals surface area contributed by atoms with Crippen molar-refractivity contribution in [3.05, 3.63) is 39.6 Å². The zero-order chi connectivity index (χ0) is 13.3. The third-order valence-electron chi connectivity index (χ3n) is 2.77. The number of halogens is 1. The van der Waals surface area contributed by atoms with Crippen LogP contribution in [0.3, 0.4) is 0 Å². The smallest absolute Gasteiger partial charge is 0.103 e. The van der Waals surface area contributed by atoms with E-state index in [2.05, 4.69) is 27.1 Å². The highest BCUT2D eigenvalue weighted by molar-refractivity contribution is 9.10. The lowest BCUT2D eigenvalue weighted by molar-refractivity contribution is 0.827. The molecule has 1 aromatic carbocycles. The Kier molecular flexibility index (Phi) is 3.79. The summed E-state index contributed by atoms with van der Waals surface area (Å²) in [5.74, 6) is 0. The summed E-state index contributed by atoms with van der Waals surface area (Å²) in [6.07, 6.45) is 1.97. The first-order valence-electron chi connectivity index (χ1n) is 5.39. The van der Waals surface area contributed by atoms with Crippen LogP contribution in [-0.4, -0.2) is 16.0 Å². The molecule has 0 aliphatic heterocycles. The Morgan fingerprint density at radius 1 is 1.39 bits per heavy atom. The lowest BCUT2D eigenvalue weighted by atomic mass is 10.2. The quantitative estimate of drug-likeness (QED) is 0.789. The van der Waals surface area contributed by atoms with Gasteiger partial charge in [0.25, 0.3) is 0 Å². The number of nitrogens with zero attached hydrogens (tertiary/aromatic N) is 3. The van der Waals surface area contributed by atoms with E-state index >= 15 is 0 Å². The van der Waals surface area contributed by atoms with Crippen molar-refractivity contribution in [3.63, 3.8) is 0 Å². The minimum absolute atomic E-state index is 0.670. The summed E-state index contributed by atoms with van der Waals surface area (Å²) in [6, 6.07) is 8.10. The molecule has 2 aromatic rings. The van der Waals surface area contributed by atoms with E-state index in [1.54, 1.807) is 11.8 Å². The standard InChI is InChI=1S/C13H12BrN3S/c1-8-13(14)9(2)17(16-8)11-5-4-6-12(18-3)10(11)7-15/h4-6H,1-3H3. The van der Waals surface area contributed by atoms with Crippen molar-refractivity contribution >= 4 is 27.7 Å². The van der Waals surface area contributed by atoms with Crippen molar-refractivity contribution in [2.45, 2.75) is 18.7 Å². The van der Waals surface area contributed by atoms with E-state index in [1.165, 1.54) is 0 Å². The number of nitriles is 1. The number of aryl methyl sites for hydroxylation is 1. The molecular weight excluding hydrogens is 310 g/mol. The topological polar surface area (TPSA) is 41.6 Å². The van der Waals surface area contributed by atoms with Gasteiger partial charge in [-0.15, -0.1) is 11.8 Å². The second-order valence-electron chi connectivity index (χ2n) is 3.86. The van der Waals surface area contributed by atoms with Gasteiger partial charge in [0, 0.05) is 4.90 Å². The maximum atomic E-state index is 9.34. The van der Waals surface area contributed by atoms with Crippen LogP contribution in [0.15, 0.2) is 27.6 Å². The molecule has 0 spiro atoms. The number of benzene rings is 1. The Morgan fingerprint density at radius 3 is 2.61 bits per heavy atom. The largest absolute Gasteiger partial charge is 0.235 e. The van der Waals surface area contributed by atoms with Crippen molar-refractivity contribution < 1.29 is 0 Å². The molecular formula is C13H12BrN3S. The van der Waals surface area contributed by atoms with E-state index in [4.69, 9.17) is 0 Å². The third-order valence-corrected chi connectivity index (χ3v) is 4.69. The SMILES string of the molecule is CSc1cccc(-n2nc(C)c(Br)c2C)c1C#N. The normalized spacial score (nSPS) is 10.4. The van der Waals surface area contributed by atoms with Gasteiger partial charge in [0.05, 0.1) is 27.1 Å². The molecule has 0 aliphatic rings. The van der Waals surface area contributed by atoms with Crippen LogP contribution in [-0.2, 0) is 0 Å². The van der Waals surface area contributed by atoms with Crippen LogP contribution in [0.25, 0.3) is 5.69 Å². The Labute approximate surface area is 119 Å². The number of rotatable bonds is 2. The van der Waals surface area contributed by atoms with Gasteiger partial charge in [-0.1, -0.05) is 6.07 Å². The maximum absolute atomic E-state index is 9.34. The summed E-state index contributed by atoms with van der Waals surface area (Å²) in [7, 11) is 0. The highest BCUT2D eigenvalue weighted by Crippen LogP contribution is 2.28. The molecule has 92 valence electrons. The zero-order valence-electron chi connectivity index (χ0n) is 10.4. The van der Waals surface area contributed by atoms with Gasteiger partial charge >= 0.3 is 0 Å². The number of aromatic nitrogens is 2. The van der Waals surface area contributed by atoms with Gasteiger partial charge in [-0.25, -0.2) is 4.68 Å². The van der Waals surface area contributed by atoms with E-state index in [-0.39, 0.29) is 0 Å². The molecule has 0 N–H and O–H groups in total. The van der Waals surface area contributed by atoms with Gasteiger partial charge < -0.3 is 0 Å². The van der Waals surface area contributed by atoms with Gasteiger partial charge in [0.15, 0.2) is 0 Å². The molecule has 0 saturated carbocycles. The fourth-order valence-corrected chi connectivity index (χ4v) is 2.65. The van der Waals surface area contributed by atoms with Crippen molar-refractivity contribution in [2.24, 2.45) is 0 Å². The van der Waals surface area contributed by atoms with Crippen LogP contribution in [0.5, 0.6) is 0 Å². The Bertz CT molecular complexity index is 640. The van der Waals surface area contributed by atoms with Crippen LogP contribution in [0.1, 0.15) is 17.0 Å². The predicted molar refractivity (Wildman–Crippen MR) is 77.2 cm³/mol. The van der Waals surface area contributed by atoms with Gasteiger partial charge in [0.1, 0.15) is 6.07 Å². The van der Waals surface area contributed by atoms with Gasteiger partial charge in [-0.2, -0.15) is 10.4 Å². The molecule has 18 heavy (non-hydrogen) atoms. The number of thioether (sulfide) groups is 1. The zero-order valence-corrected chi connectivity index (χ0v) is 12.8. The van der Waals surface area contributed by atoms with E-state index in [0.29, 0.717) is 5.56 Å². The lowest BCUT2D eigenvalue weighted by Crippen LogP contribution is -2.02. The highest BCUT2D eigenvalue weighted by Gasteiger charge is 2.15. The first-order valence-corrected chi connectivity index (χ1v) is 7.41. The summed E-state index contributed by atoms with van der Waals surface area (Å²) < 4.78 is 2.80. The molecule has 5 heteroatoms. The first-order chi connectivity index (χ1) is 8.60. The molecule has 0 unspecified atom stereocenters. The molecule has 2 rings (SSSR count). The van der Waals surface area contributed by atoms with E-state index in [9.17, 15) is 5.26 Å². The van der Waals surface area contributed by atoms with Crippen LogP contribution in [0.2, 0.25) is 0 Å². The van der Waals surface area contributed by atoms with Crippen molar-refractivity contribution in [1.29, 1.82) is 5.26 Å². The van der Waals surface area contributed by atoms with Crippen LogP contribution in [0, 0.1) is 25.2 Å². The van der Waals surface area contributed by atoms with E-state index in [1.807, 2.05) is 43.0 Å². The minimum Gasteiger partial charge on any atom is -0.235 e. The van der Waals surface area contributed by atoms with Gasteiger partial charge in [-0.3, -0.25) is 0 Å². The summed E-state index contributed by atoms with van der Waals surface area (Å²) in [4.78, 5) is 0.971. The predicted octanol–water partition coefficient (Wildman–Crippen LogP) is 3.85. The maximum Gasteiger partial charge on any atom is 0.103 e. The monoisotopic (exact) mass is 321 g/mol. The van der Waals surface area contributed by atoms with E-state index in [0.717, 1.165) is 26.4 Å². The second-order valence-corrected chi connectivity index (χ2v) is 5.50. The molecule has 0 amide bonds. The van der Waals surface area contributed by atoms with Gasteiger partial charge in [-0.05, 0) is 48.2 Å². The molecule has 0 atom stereocenters. The second kappa shape index (κ2) is 5.17. The summed E-state index contributed by atoms with van der Waals surface area (Å²) in [6.45, 7) is 3.93. The molecule has 0 radical (unpaired) electrons. The fourth-order valence-electron chi connectivity index (χ4n) is 1.84.